The number of aryl methyl sites for hydroxylation is 1. The maximum Gasteiger partial charge on any atom is 0.177 e. The van der Waals surface area contributed by atoms with E-state index in [2.05, 4.69) is 15.4 Å². The minimum atomic E-state index is -2.87. The molecule has 2 rings (SSSR count). The maximum absolute atomic E-state index is 11.3. The van der Waals surface area contributed by atoms with Crippen LogP contribution in [0.4, 0.5) is 0 Å². The lowest BCUT2D eigenvalue weighted by molar-refractivity contribution is 0.144. The fourth-order valence-electron chi connectivity index (χ4n) is 2.14. The quantitative estimate of drug-likeness (QED) is 0.741. The Balaban J connectivity index is 1.84. The molecule has 2 unspecified atom stereocenters. The monoisotopic (exact) mass is 260 g/mol. The molecule has 0 bridgehead atoms. The van der Waals surface area contributed by atoms with Gasteiger partial charge in [0, 0.05) is 6.42 Å². The standard InChI is InChI=1S/C9H16N4O3S/c1-13-11-9(10-12-13)5-8(14)4-7-2-3-17(15,16)6-7/h7-8,14H,2-6H2,1H3. The molecule has 0 spiro atoms. The molecule has 0 amide bonds. The molecule has 7 nitrogen and oxygen atoms in total. The summed E-state index contributed by atoms with van der Waals surface area (Å²) in [6.45, 7) is 0. The molecular formula is C9H16N4O3S. The van der Waals surface area contributed by atoms with Gasteiger partial charge in [0.25, 0.3) is 0 Å². The minimum Gasteiger partial charge on any atom is -0.393 e. The molecule has 0 radical (unpaired) electrons. The van der Waals surface area contributed by atoms with E-state index in [9.17, 15) is 13.5 Å². The number of nitrogens with zero attached hydrogens (tertiary/aromatic N) is 4. The molecule has 0 saturated carbocycles. The van der Waals surface area contributed by atoms with Crippen LogP contribution in [-0.4, -0.2) is 51.3 Å². The topological polar surface area (TPSA) is 98.0 Å². The summed E-state index contributed by atoms with van der Waals surface area (Å²) >= 11 is 0. The van der Waals surface area contributed by atoms with Crippen LogP contribution in [0.1, 0.15) is 18.7 Å². The van der Waals surface area contributed by atoms with Gasteiger partial charge in [-0.1, -0.05) is 0 Å². The van der Waals surface area contributed by atoms with Crippen molar-refractivity contribution in [2.45, 2.75) is 25.4 Å². The summed E-state index contributed by atoms with van der Waals surface area (Å²) in [5.74, 6) is 0.985. The second kappa shape index (κ2) is 4.69. The molecular weight excluding hydrogens is 244 g/mol. The lowest BCUT2D eigenvalue weighted by Crippen LogP contribution is -2.18. The zero-order valence-electron chi connectivity index (χ0n) is 9.65. The highest BCUT2D eigenvalue weighted by atomic mass is 32.2. The van der Waals surface area contributed by atoms with Crippen molar-refractivity contribution < 1.29 is 13.5 Å². The second-order valence-electron chi connectivity index (χ2n) is 4.56. The Kier molecular flexibility index (Phi) is 3.43. The Hall–Kier alpha value is -1.02. The van der Waals surface area contributed by atoms with Crippen LogP contribution >= 0.6 is 0 Å². The second-order valence-corrected chi connectivity index (χ2v) is 6.79. The number of hydrogen-bond donors (Lipinski definition) is 1. The van der Waals surface area contributed by atoms with Gasteiger partial charge in [-0.3, -0.25) is 0 Å². The third kappa shape index (κ3) is 3.47. The molecule has 17 heavy (non-hydrogen) atoms. The van der Waals surface area contributed by atoms with Crippen LogP contribution in [0.2, 0.25) is 0 Å². The molecule has 2 heterocycles. The summed E-state index contributed by atoms with van der Waals surface area (Å²) in [5, 5.41) is 21.3. The first-order valence-corrected chi connectivity index (χ1v) is 7.38. The van der Waals surface area contributed by atoms with E-state index in [1.54, 1.807) is 7.05 Å². The largest absolute Gasteiger partial charge is 0.393 e. The van der Waals surface area contributed by atoms with Crippen molar-refractivity contribution in [3.63, 3.8) is 0 Å². The smallest absolute Gasteiger partial charge is 0.177 e. The molecule has 1 N–H and O–H groups in total. The number of aliphatic hydroxyl groups is 1. The summed E-state index contributed by atoms with van der Waals surface area (Å²) in [5.41, 5.74) is 0. The van der Waals surface area contributed by atoms with E-state index >= 15 is 0 Å². The molecule has 1 aliphatic heterocycles. The Morgan fingerprint density at radius 2 is 2.35 bits per heavy atom. The number of aliphatic hydroxyl groups excluding tert-OH is 1. The average molecular weight is 260 g/mol. The minimum absolute atomic E-state index is 0.0617. The van der Waals surface area contributed by atoms with Crippen LogP contribution in [0.15, 0.2) is 0 Å². The highest BCUT2D eigenvalue weighted by Gasteiger charge is 2.29. The lowest BCUT2D eigenvalue weighted by atomic mass is 9.99. The first-order chi connectivity index (χ1) is 7.94. The maximum atomic E-state index is 11.3. The zero-order chi connectivity index (χ0) is 12.5. The van der Waals surface area contributed by atoms with Gasteiger partial charge in [0.2, 0.25) is 0 Å². The molecule has 1 saturated heterocycles. The number of sulfone groups is 1. The summed E-state index contributed by atoms with van der Waals surface area (Å²) in [4.78, 5) is 1.34. The molecule has 1 aromatic rings. The predicted molar refractivity (Wildman–Crippen MR) is 59.9 cm³/mol. The van der Waals surface area contributed by atoms with Gasteiger partial charge in [-0.05, 0) is 24.0 Å². The van der Waals surface area contributed by atoms with Gasteiger partial charge in [-0.25, -0.2) is 8.42 Å². The SMILES string of the molecule is Cn1nnc(CC(O)CC2CCS(=O)(=O)C2)n1. The highest BCUT2D eigenvalue weighted by Crippen LogP contribution is 2.23. The molecule has 1 aliphatic rings. The Morgan fingerprint density at radius 3 is 2.88 bits per heavy atom. The van der Waals surface area contributed by atoms with Crippen molar-refractivity contribution in [3.05, 3.63) is 5.82 Å². The Bertz CT molecular complexity index is 484. The summed E-state index contributed by atoms with van der Waals surface area (Å²) < 4.78 is 22.5. The van der Waals surface area contributed by atoms with Crippen molar-refractivity contribution in [3.8, 4) is 0 Å². The Labute approximate surface area is 99.7 Å². The van der Waals surface area contributed by atoms with Gasteiger partial charge >= 0.3 is 0 Å². The third-order valence-corrected chi connectivity index (χ3v) is 4.74. The zero-order valence-corrected chi connectivity index (χ0v) is 10.5. The van der Waals surface area contributed by atoms with E-state index in [1.165, 1.54) is 4.80 Å². The predicted octanol–water partition coefficient (Wildman–Crippen LogP) is -1.06. The van der Waals surface area contributed by atoms with Gasteiger partial charge in [0.05, 0.1) is 24.7 Å². The number of hydrogen-bond acceptors (Lipinski definition) is 6. The molecule has 1 aromatic heterocycles. The summed E-state index contributed by atoms with van der Waals surface area (Å²) in [7, 11) is -1.21. The Morgan fingerprint density at radius 1 is 1.59 bits per heavy atom. The van der Waals surface area contributed by atoms with E-state index in [0.29, 0.717) is 25.1 Å². The molecule has 2 atom stereocenters. The molecule has 1 fully saturated rings. The van der Waals surface area contributed by atoms with Gasteiger partial charge in [-0.2, -0.15) is 4.80 Å². The van der Waals surface area contributed by atoms with Crippen molar-refractivity contribution in [2.24, 2.45) is 13.0 Å². The summed E-state index contributed by atoms with van der Waals surface area (Å²) in [6.07, 6.45) is 0.854. The average Bonchev–Trinajstić information content (AvgIpc) is 2.73. The van der Waals surface area contributed by atoms with Crippen LogP contribution in [0.3, 0.4) is 0 Å². The van der Waals surface area contributed by atoms with Crippen molar-refractivity contribution in [2.75, 3.05) is 11.5 Å². The van der Waals surface area contributed by atoms with Gasteiger partial charge in [0.15, 0.2) is 15.7 Å². The van der Waals surface area contributed by atoms with Crippen LogP contribution in [-0.2, 0) is 23.3 Å². The van der Waals surface area contributed by atoms with E-state index in [1.807, 2.05) is 0 Å². The number of tetrazole rings is 1. The highest BCUT2D eigenvalue weighted by molar-refractivity contribution is 7.91. The first kappa shape index (κ1) is 12.4. The van der Waals surface area contributed by atoms with Gasteiger partial charge < -0.3 is 5.11 Å². The molecule has 0 aliphatic carbocycles. The van der Waals surface area contributed by atoms with E-state index in [4.69, 9.17) is 0 Å². The van der Waals surface area contributed by atoms with Crippen LogP contribution in [0, 0.1) is 5.92 Å². The first-order valence-electron chi connectivity index (χ1n) is 5.56. The van der Waals surface area contributed by atoms with Crippen LogP contribution < -0.4 is 0 Å². The van der Waals surface area contributed by atoms with E-state index in [0.717, 1.165) is 0 Å². The van der Waals surface area contributed by atoms with Crippen LogP contribution in [0.5, 0.6) is 0 Å². The number of rotatable bonds is 4. The third-order valence-electron chi connectivity index (χ3n) is 2.90. The molecule has 8 heteroatoms. The summed E-state index contributed by atoms with van der Waals surface area (Å²) in [6, 6.07) is 0. The fraction of sp³-hybridized carbons (Fsp3) is 0.889. The van der Waals surface area contributed by atoms with Gasteiger partial charge in [0.1, 0.15) is 0 Å². The van der Waals surface area contributed by atoms with Crippen molar-refractivity contribution in [1.29, 1.82) is 0 Å². The van der Waals surface area contributed by atoms with Crippen molar-refractivity contribution >= 4 is 9.84 Å². The molecule has 0 aromatic carbocycles. The normalized spacial score (nSPS) is 24.9. The van der Waals surface area contributed by atoms with E-state index < -0.39 is 15.9 Å². The van der Waals surface area contributed by atoms with E-state index in [-0.39, 0.29) is 17.4 Å². The molecule has 96 valence electrons. The fourth-order valence-corrected chi connectivity index (χ4v) is 4.02. The van der Waals surface area contributed by atoms with Gasteiger partial charge in [-0.15, -0.1) is 10.2 Å². The van der Waals surface area contributed by atoms with Crippen molar-refractivity contribution in [1.82, 2.24) is 20.2 Å². The van der Waals surface area contributed by atoms with Crippen LogP contribution in [0.25, 0.3) is 0 Å². The lowest BCUT2D eigenvalue weighted by Gasteiger charge is -2.12. The number of aromatic nitrogens is 4.